The van der Waals surface area contributed by atoms with Gasteiger partial charge >= 0.3 is 0 Å². The highest BCUT2D eigenvalue weighted by atomic mass is 19.1. The van der Waals surface area contributed by atoms with Crippen LogP contribution in [0.4, 0.5) is 17.6 Å². The summed E-state index contributed by atoms with van der Waals surface area (Å²) in [4.78, 5) is 0. The third-order valence-corrected chi connectivity index (χ3v) is 2.79. The van der Waals surface area contributed by atoms with Crippen molar-refractivity contribution in [3.05, 3.63) is 70.8 Å². The van der Waals surface area contributed by atoms with Gasteiger partial charge in [-0.25, -0.2) is 17.6 Å². The molecule has 20 heavy (non-hydrogen) atoms. The van der Waals surface area contributed by atoms with Crippen LogP contribution < -0.4 is 0 Å². The lowest BCUT2D eigenvalue weighted by molar-refractivity contribution is 0.175. The summed E-state index contributed by atoms with van der Waals surface area (Å²) in [5.74, 6) is -2.93. The quantitative estimate of drug-likeness (QED) is 0.853. The molecular weight excluding hydrogens is 272 g/mol. The molecule has 0 aliphatic rings. The molecule has 0 atom stereocenters. The zero-order valence-electron chi connectivity index (χ0n) is 10.4. The number of rotatable bonds is 4. The summed E-state index contributed by atoms with van der Waals surface area (Å²) in [6, 6.07) is 5.91. The van der Waals surface area contributed by atoms with E-state index in [9.17, 15) is 22.7 Å². The molecule has 0 amide bonds. The first-order valence-electron chi connectivity index (χ1n) is 6.00. The van der Waals surface area contributed by atoms with E-state index in [1.807, 2.05) is 0 Å². The van der Waals surface area contributed by atoms with Crippen molar-refractivity contribution in [1.82, 2.24) is 0 Å². The second kappa shape index (κ2) is 6.05. The third kappa shape index (κ3) is 4.06. The molecule has 0 radical (unpaired) electrons. The van der Waals surface area contributed by atoms with E-state index in [1.54, 1.807) is 0 Å². The molecular formula is C15H12F4O. The Morgan fingerprint density at radius 1 is 0.650 bits per heavy atom. The molecule has 1 nitrogen and oxygen atoms in total. The van der Waals surface area contributed by atoms with Gasteiger partial charge in [-0.2, -0.15) is 0 Å². The molecule has 0 saturated carbocycles. The van der Waals surface area contributed by atoms with Gasteiger partial charge in [0.25, 0.3) is 0 Å². The fourth-order valence-electron chi connectivity index (χ4n) is 2.07. The average Bonchev–Trinajstić information content (AvgIpc) is 2.24. The lowest BCUT2D eigenvalue weighted by Crippen LogP contribution is -2.14. The maximum atomic E-state index is 13.0. The van der Waals surface area contributed by atoms with E-state index in [0.717, 1.165) is 36.4 Å². The predicted octanol–water partition coefficient (Wildman–Crippen LogP) is 3.39. The van der Waals surface area contributed by atoms with Crippen LogP contribution in [0.2, 0.25) is 0 Å². The van der Waals surface area contributed by atoms with E-state index < -0.39 is 29.4 Å². The van der Waals surface area contributed by atoms with Gasteiger partial charge < -0.3 is 5.11 Å². The van der Waals surface area contributed by atoms with Crippen LogP contribution in [0.25, 0.3) is 0 Å². The summed E-state index contributed by atoms with van der Waals surface area (Å²) in [6.45, 7) is 0. The molecule has 0 spiro atoms. The van der Waals surface area contributed by atoms with Crippen LogP contribution in [0.3, 0.4) is 0 Å². The number of hydrogen-bond acceptors (Lipinski definition) is 1. The Labute approximate surface area is 113 Å². The molecule has 0 aliphatic heterocycles. The van der Waals surface area contributed by atoms with E-state index in [4.69, 9.17) is 0 Å². The standard InChI is InChI=1S/C15H12F4O/c16-11-1-9(2-12(17)7-11)5-15(20)6-10-3-13(18)8-14(19)4-10/h1-4,7-8,15,20H,5-6H2. The van der Waals surface area contributed by atoms with Crippen LogP contribution in [0.1, 0.15) is 11.1 Å². The van der Waals surface area contributed by atoms with Crippen molar-refractivity contribution in [2.24, 2.45) is 0 Å². The van der Waals surface area contributed by atoms with Crippen molar-refractivity contribution < 1.29 is 22.7 Å². The van der Waals surface area contributed by atoms with Crippen LogP contribution in [0.15, 0.2) is 36.4 Å². The number of aliphatic hydroxyl groups excluding tert-OH is 1. The number of halogens is 4. The molecule has 0 saturated heterocycles. The van der Waals surface area contributed by atoms with Gasteiger partial charge in [0.1, 0.15) is 23.3 Å². The predicted molar refractivity (Wildman–Crippen MR) is 66.1 cm³/mol. The van der Waals surface area contributed by atoms with Crippen molar-refractivity contribution in [1.29, 1.82) is 0 Å². The lowest BCUT2D eigenvalue weighted by atomic mass is 10.0. The molecule has 0 unspecified atom stereocenters. The molecule has 2 aromatic carbocycles. The average molecular weight is 284 g/mol. The van der Waals surface area contributed by atoms with E-state index in [2.05, 4.69) is 0 Å². The second-order valence-corrected chi connectivity index (χ2v) is 4.62. The molecule has 0 heterocycles. The van der Waals surface area contributed by atoms with Gasteiger partial charge in [0.2, 0.25) is 0 Å². The zero-order valence-corrected chi connectivity index (χ0v) is 10.4. The van der Waals surface area contributed by atoms with Crippen molar-refractivity contribution in [2.45, 2.75) is 18.9 Å². The molecule has 106 valence electrons. The summed E-state index contributed by atoms with van der Waals surface area (Å²) >= 11 is 0. The maximum absolute atomic E-state index is 13.0. The Hall–Kier alpha value is -1.88. The van der Waals surface area contributed by atoms with Crippen molar-refractivity contribution in [3.63, 3.8) is 0 Å². The van der Waals surface area contributed by atoms with Crippen molar-refractivity contribution >= 4 is 0 Å². The van der Waals surface area contributed by atoms with Gasteiger partial charge in [-0.15, -0.1) is 0 Å². The van der Waals surface area contributed by atoms with E-state index in [1.165, 1.54) is 0 Å². The smallest absolute Gasteiger partial charge is 0.126 e. The van der Waals surface area contributed by atoms with Gasteiger partial charge in [-0.3, -0.25) is 0 Å². The summed E-state index contributed by atoms with van der Waals surface area (Å²) in [5.41, 5.74) is 0.568. The van der Waals surface area contributed by atoms with Crippen LogP contribution in [-0.4, -0.2) is 11.2 Å². The Morgan fingerprint density at radius 3 is 1.25 bits per heavy atom. The molecule has 0 bridgehead atoms. The highest BCUT2D eigenvalue weighted by Gasteiger charge is 2.10. The number of hydrogen-bond donors (Lipinski definition) is 1. The monoisotopic (exact) mass is 284 g/mol. The van der Waals surface area contributed by atoms with Gasteiger partial charge in [-0.1, -0.05) is 0 Å². The normalized spacial score (nSPS) is 11.1. The van der Waals surface area contributed by atoms with Gasteiger partial charge in [0, 0.05) is 12.1 Å². The van der Waals surface area contributed by atoms with E-state index >= 15 is 0 Å². The summed E-state index contributed by atoms with van der Waals surface area (Å²) in [7, 11) is 0. The topological polar surface area (TPSA) is 20.2 Å². The van der Waals surface area contributed by atoms with Crippen molar-refractivity contribution in [2.75, 3.05) is 0 Å². The van der Waals surface area contributed by atoms with E-state index in [0.29, 0.717) is 0 Å². The number of aliphatic hydroxyl groups is 1. The minimum absolute atomic E-state index is 0.00713. The van der Waals surface area contributed by atoms with Crippen molar-refractivity contribution in [3.8, 4) is 0 Å². The molecule has 0 aliphatic carbocycles. The second-order valence-electron chi connectivity index (χ2n) is 4.62. The maximum Gasteiger partial charge on any atom is 0.126 e. The van der Waals surface area contributed by atoms with Crippen LogP contribution in [0, 0.1) is 23.3 Å². The highest BCUT2D eigenvalue weighted by Crippen LogP contribution is 2.14. The molecule has 1 N–H and O–H groups in total. The Kier molecular flexibility index (Phi) is 4.39. The highest BCUT2D eigenvalue weighted by molar-refractivity contribution is 5.21. The SMILES string of the molecule is OC(Cc1cc(F)cc(F)c1)Cc1cc(F)cc(F)c1. The zero-order chi connectivity index (χ0) is 14.7. The van der Waals surface area contributed by atoms with E-state index in [-0.39, 0.29) is 24.0 Å². The molecule has 0 fully saturated rings. The van der Waals surface area contributed by atoms with Gasteiger partial charge in [0.05, 0.1) is 6.10 Å². The Bertz CT molecular complexity index is 519. The van der Waals surface area contributed by atoms with Crippen LogP contribution in [-0.2, 0) is 12.8 Å². The summed E-state index contributed by atoms with van der Waals surface area (Å²) in [5, 5.41) is 9.83. The fraction of sp³-hybridized carbons (Fsp3) is 0.200. The molecule has 2 rings (SSSR count). The third-order valence-electron chi connectivity index (χ3n) is 2.79. The minimum atomic E-state index is -0.989. The molecule has 0 aromatic heterocycles. The van der Waals surface area contributed by atoms with Gasteiger partial charge in [0.15, 0.2) is 0 Å². The van der Waals surface area contributed by atoms with Gasteiger partial charge in [-0.05, 0) is 48.2 Å². The summed E-state index contributed by atoms with van der Waals surface area (Å²) < 4.78 is 52.0. The largest absolute Gasteiger partial charge is 0.392 e. The lowest BCUT2D eigenvalue weighted by Gasteiger charge is -2.11. The van der Waals surface area contributed by atoms with Crippen LogP contribution >= 0.6 is 0 Å². The first kappa shape index (κ1) is 14.5. The first-order chi connectivity index (χ1) is 9.42. The van der Waals surface area contributed by atoms with Crippen LogP contribution in [0.5, 0.6) is 0 Å². The summed E-state index contributed by atoms with van der Waals surface area (Å²) in [6.07, 6.45) is -1.00. The Morgan fingerprint density at radius 2 is 0.950 bits per heavy atom. The Balaban J connectivity index is 2.06. The fourth-order valence-corrected chi connectivity index (χ4v) is 2.07. The first-order valence-corrected chi connectivity index (χ1v) is 6.00. The number of benzene rings is 2. The molecule has 5 heteroatoms. The minimum Gasteiger partial charge on any atom is -0.392 e. The molecule has 2 aromatic rings.